The van der Waals surface area contributed by atoms with Crippen LogP contribution in [0, 0.1) is 18.3 Å². The van der Waals surface area contributed by atoms with Crippen molar-refractivity contribution in [1.82, 2.24) is 19.3 Å². The Morgan fingerprint density at radius 3 is 2.71 bits per heavy atom. The van der Waals surface area contributed by atoms with Crippen LogP contribution in [0.5, 0.6) is 0 Å². The van der Waals surface area contributed by atoms with E-state index in [9.17, 15) is 9.59 Å². The smallest absolute Gasteiger partial charge is 0.342 e. The number of Topliss-reactive ketones (excluding diaryl/α,β-unsaturated/α-hetero) is 1. The molecule has 0 unspecified atom stereocenters. The van der Waals surface area contributed by atoms with Crippen LogP contribution < -0.4 is 0 Å². The molecule has 0 amide bonds. The molecular weight excluding hydrogens is 394 g/mol. The average Bonchev–Trinajstić information content (AvgIpc) is 3.37. The SMILES string of the molecule is Cc1c(C(=O)OCC(=O)c2cn(CCC#N)c3ccccc23)cnn1-c1ccccn1. The van der Waals surface area contributed by atoms with Gasteiger partial charge < -0.3 is 9.30 Å². The van der Waals surface area contributed by atoms with Crippen LogP contribution in [0.3, 0.4) is 0 Å². The highest BCUT2D eigenvalue weighted by Gasteiger charge is 2.20. The second-order valence-corrected chi connectivity index (χ2v) is 6.90. The molecule has 0 N–H and O–H groups in total. The standard InChI is InChI=1S/C23H19N5O3/c1-16-18(13-26-28(16)22-9-4-5-11-25-22)23(30)31-15-21(29)19-14-27(12-6-10-24)20-8-3-2-7-17(19)20/h2-5,7-9,11,13-14H,6,12,15H2,1H3. The maximum atomic E-state index is 12.8. The van der Waals surface area contributed by atoms with E-state index in [0.29, 0.717) is 30.0 Å². The summed E-state index contributed by atoms with van der Waals surface area (Å²) in [4.78, 5) is 29.6. The molecule has 0 aliphatic carbocycles. The van der Waals surface area contributed by atoms with Crippen LogP contribution in [0.15, 0.2) is 61.1 Å². The zero-order valence-electron chi connectivity index (χ0n) is 16.9. The Kier molecular flexibility index (Phi) is 5.58. The molecule has 4 aromatic rings. The van der Waals surface area contributed by atoms with Crippen molar-refractivity contribution in [1.29, 1.82) is 5.26 Å². The number of benzene rings is 1. The van der Waals surface area contributed by atoms with E-state index < -0.39 is 5.97 Å². The summed E-state index contributed by atoms with van der Waals surface area (Å²) in [7, 11) is 0. The van der Waals surface area contributed by atoms with Gasteiger partial charge in [0.25, 0.3) is 0 Å². The van der Waals surface area contributed by atoms with Gasteiger partial charge >= 0.3 is 5.97 Å². The zero-order valence-corrected chi connectivity index (χ0v) is 16.9. The number of para-hydroxylation sites is 1. The monoisotopic (exact) mass is 413 g/mol. The predicted molar refractivity (Wildman–Crippen MR) is 113 cm³/mol. The molecule has 0 saturated carbocycles. The Hall–Kier alpha value is -4.25. The highest BCUT2D eigenvalue weighted by atomic mass is 16.5. The molecular formula is C23H19N5O3. The third kappa shape index (κ3) is 3.94. The normalized spacial score (nSPS) is 10.7. The topological polar surface area (TPSA) is 103 Å². The number of nitrogens with zero attached hydrogens (tertiary/aromatic N) is 5. The molecule has 0 fully saturated rings. The van der Waals surface area contributed by atoms with E-state index in [1.54, 1.807) is 36.1 Å². The first-order valence-electron chi connectivity index (χ1n) is 9.71. The van der Waals surface area contributed by atoms with Gasteiger partial charge in [-0.25, -0.2) is 14.5 Å². The number of carbonyl (C=O) groups is 2. The number of aryl methyl sites for hydroxylation is 1. The maximum absolute atomic E-state index is 12.8. The van der Waals surface area contributed by atoms with Crippen molar-refractivity contribution in [3.8, 4) is 11.9 Å². The summed E-state index contributed by atoms with van der Waals surface area (Å²) in [6.45, 7) is 1.83. The second kappa shape index (κ2) is 8.63. The van der Waals surface area contributed by atoms with Crippen LogP contribution in [-0.2, 0) is 11.3 Å². The number of pyridine rings is 1. The molecule has 0 bridgehead atoms. The van der Waals surface area contributed by atoms with Gasteiger partial charge in [-0.1, -0.05) is 24.3 Å². The van der Waals surface area contributed by atoms with Gasteiger partial charge in [-0.2, -0.15) is 10.4 Å². The molecule has 0 spiro atoms. The Balaban J connectivity index is 1.50. The van der Waals surface area contributed by atoms with Crippen LogP contribution in [0.2, 0.25) is 0 Å². The van der Waals surface area contributed by atoms with Gasteiger partial charge in [0.1, 0.15) is 5.56 Å². The molecule has 0 saturated heterocycles. The third-order valence-electron chi connectivity index (χ3n) is 4.98. The molecule has 0 atom stereocenters. The summed E-state index contributed by atoms with van der Waals surface area (Å²) in [6.07, 6.45) is 5.09. The highest BCUT2D eigenvalue weighted by Crippen LogP contribution is 2.22. The Morgan fingerprint density at radius 1 is 1.13 bits per heavy atom. The van der Waals surface area contributed by atoms with Gasteiger partial charge in [0, 0.05) is 35.4 Å². The number of aromatic nitrogens is 4. The number of carbonyl (C=O) groups excluding carboxylic acids is 2. The predicted octanol–water partition coefficient (Wildman–Crippen LogP) is 3.48. The molecule has 0 aliphatic heterocycles. The van der Waals surface area contributed by atoms with E-state index in [2.05, 4.69) is 16.2 Å². The van der Waals surface area contributed by atoms with E-state index in [0.717, 1.165) is 10.9 Å². The van der Waals surface area contributed by atoms with E-state index >= 15 is 0 Å². The fraction of sp³-hybridized carbons (Fsp3) is 0.174. The van der Waals surface area contributed by atoms with Gasteiger partial charge in [-0.3, -0.25) is 4.79 Å². The van der Waals surface area contributed by atoms with Crippen molar-refractivity contribution >= 4 is 22.7 Å². The summed E-state index contributed by atoms with van der Waals surface area (Å²) in [5, 5.41) is 13.8. The van der Waals surface area contributed by atoms with Crippen LogP contribution in [0.1, 0.15) is 32.8 Å². The van der Waals surface area contributed by atoms with Crippen LogP contribution >= 0.6 is 0 Å². The van der Waals surface area contributed by atoms with Gasteiger partial charge in [-0.15, -0.1) is 0 Å². The fourth-order valence-corrected chi connectivity index (χ4v) is 3.43. The number of esters is 1. The lowest BCUT2D eigenvalue weighted by Crippen LogP contribution is -2.15. The molecule has 1 aromatic carbocycles. The van der Waals surface area contributed by atoms with Gasteiger partial charge in [0.15, 0.2) is 12.4 Å². The summed E-state index contributed by atoms with van der Waals surface area (Å²) < 4.78 is 8.70. The molecule has 3 heterocycles. The fourth-order valence-electron chi connectivity index (χ4n) is 3.43. The van der Waals surface area contributed by atoms with E-state index in [4.69, 9.17) is 10.00 Å². The Labute approximate surface area is 178 Å². The van der Waals surface area contributed by atoms with E-state index in [1.807, 2.05) is 34.9 Å². The maximum Gasteiger partial charge on any atom is 0.342 e. The molecule has 8 nitrogen and oxygen atoms in total. The average molecular weight is 413 g/mol. The van der Waals surface area contributed by atoms with Crippen molar-refractivity contribution in [2.45, 2.75) is 19.9 Å². The molecule has 3 aromatic heterocycles. The lowest BCUT2D eigenvalue weighted by atomic mass is 10.1. The van der Waals surface area contributed by atoms with Gasteiger partial charge in [0.05, 0.1) is 24.4 Å². The molecule has 4 rings (SSSR count). The number of hydrogen-bond donors (Lipinski definition) is 0. The van der Waals surface area contributed by atoms with Crippen LogP contribution in [-0.4, -0.2) is 37.7 Å². The molecule has 0 radical (unpaired) electrons. The summed E-state index contributed by atoms with van der Waals surface area (Å²) in [5.41, 5.74) is 2.17. The lowest BCUT2D eigenvalue weighted by molar-refractivity contribution is 0.0474. The third-order valence-corrected chi connectivity index (χ3v) is 4.98. The minimum absolute atomic E-state index is 0.273. The second-order valence-electron chi connectivity index (χ2n) is 6.90. The van der Waals surface area contributed by atoms with Crippen LogP contribution in [0.4, 0.5) is 0 Å². The summed E-state index contributed by atoms with van der Waals surface area (Å²) in [6, 6.07) is 15.0. The van der Waals surface area contributed by atoms with Crippen molar-refractivity contribution in [3.05, 3.63) is 77.9 Å². The highest BCUT2D eigenvalue weighted by molar-refractivity contribution is 6.09. The number of ketones is 1. The lowest BCUT2D eigenvalue weighted by Gasteiger charge is -2.05. The van der Waals surface area contributed by atoms with E-state index in [1.165, 1.54) is 6.20 Å². The zero-order chi connectivity index (χ0) is 21.8. The molecule has 0 aliphatic rings. The summed E-state index contributed by atoms with van der Waals surface area (Å²) in [5.74, 6) is -0.350. The molecule has 8 heteroatoms. The van der Waals surface area contributed by atoms with Gasteiger partial charge in [0.2, 0.25) is 5.78 Å². The first-order chi connectivity index (χ1) is 15.1. The van der Waals surface area contributed by atoms with Crippen molar-refractivity contribution in [2.24, 2.45) is 0 Å². The van der Waals surface area contributed by atoms with Crippen molar-refractivity contribution < 1.29 is 14.3 Å². The number of fused-ring (bicyclic) bond motifs is 1. The van der Waals surface area contributed by atoms with E-state index in [-0.39, 0.29) is 18.0 Å². The minimum atomic E-state index is -0.624. The summed E-state index contributed by atoms with van der Waals surface area (Å²) >= 11 is 0. The largest absolute Gasteiger partial charge is 0.454 e. The Morgan fingerprint density at radius 2 is 1.94 bits per heavy atom. The number of rotatable bonds is 7. The van der Waals surface area contributed by atoms with Crippen LogP contribution in [0.25, 0.3) is 16.7 Å². The molecule has 31 heavy (non-hydrogen) atoms. The minimum Gasteiger partial charge on any atom is -0.454 e. The quantitative estimate of drug-likeness (QED) is 0.339. The Bertz CT molecular complexity index is 1300. The van der Waals surface area contributed by atoms with Crippen molar-refractivity contribution in [2.75, 3.05) is 6.61 Å². The first-order valence-corrected chi connectivity index (χ1v) is 9.71. The number of nitriles is 1. The first kappa shape index (κ1) is 20.0. The number of ether oxygens (including phenoxy) is 1. The van der Waals surface area contributed by atoms with Crippen molar-refractivity contribution in [3.63, 3.8) is 0 Å². The number of hydrogen-bond acceptors (Lipinski definition) is 6. The molecule has 154 valence electrons. The van der Waals surface area contributed by atoms with Gasteiger partial charge in [-0.05, 0) is 25.1 Å².